The van der Waals surface area contributed by atoms with E-state index in [4.69, 9.17) is 9.47 Å². The first-order chi connectivity index (χ1) is 18.4. The molecule has 0 aliphatic heterocycles. The summed E-state index contributed by atoms with van der Waals surface area (Å²) in [6.07, 6.45) is 0.828. The number of aromatic nitrogens is 3. The van der Waals surface area contributed by atoms with Gasteiger partial charge in [0.15, 0.2) is 11.5 Å². The summed E-state index contributed by atoms with van der Waals surface area (Å²) in [5.41, 5.74) is 2.08. The Kier molecular flexibility index (Phi) is 8.96. The SMILES string of the molecule is COc1ccc([C@H](C(=O)NCCC(C)C)N(Cc2cccs2)C(=O)Cn2nnc3ccccc32)cc1OC. The fourth-order valence-electron chi connectivity index (χ4n) is 4.22. The van der Waals surface area contributed by atoms with Gasteiger partial charge in [-0.2, -0.15) is 0 Å². The number of hydrogen-bond donors (Lipinski definition) is 1. The van der Waals surface area contributed by atoms with Gasteiger partial charge in [0.05, 0.1) is 26.3 Å². The molecule has 38 heavy (non-hydrogen) atoms. The molecule has 0 aliphatic rings. The Balaban J connectivity index is 1.74. The highest BCUT2D eigenvalue weighted by Gasteiger charge is 2.33. The molecule has 0 bridgehead atoms. The number of nitrogens with zero attached hydrogens (tertiary/aromatic N) is 4. The maximum Gasteiger partial charge on any atom is 0.247 e. The number of hydrogen-bond acceptors (Lipinski definition) is 7. The summed E-state index contributed by atoms with van der Waals surface area (Å²) in [4.78, 5) is 30.3. The monoisotopic (exact) mass is 535 g/mol. The lowest BCUT2D eigenvalue weighted by Crippen LogP contribution is -2.44. The molecule has 2 aromatic carbocycles. The Bertz CT molecular complexity index is 1370. The summed E-state index contributed by atoms with van der Waals surface area (Å²) < 4.78 is 12.5. The Hall–Kier alpha value is -3.92. The van der Waals surface area contributed by atoms with E-state index in [0.29, 0.717) is 35.0 Å². The quantitative estimate of drug-likeness (QED) is 0.288. The average molecular weight is 536 g/mol. The smallest absolute Gasteiger partial charge is 0.247 e. The summed E-state index contributed by atoms with van der Waals surface area (Å²) in [6.45, 7) is 4.92. The van der Waals surface area contributed by atoms with Crippen molar-refractivity contribution >= 4 is 34.2 Å². The van der Waals surface area contributed by atoms with Crippen LogP contribution in [0.3, 0.4) is 0 Å². The molecular formula is C28H33N5O4S. The third-order valence-corrected chi connectivity index (χ3v) is 7.10. The molecule has 0 fully saturated rings. The minimum absolute atomic E-state index is 0.0606. The number of carbonyl (C=O) groups is 2. The molecule has 0 radical (unpaired) electrons. The van der Waals surface area contributed by atoms with Crippen molar-refractivity contribution in [3.63, 3.8) is 0 Å². The topological polar surface area (TPSA) is 98.6 Å². The highest BCUT2D eigenvalue weighted by atomic mass is 32.1. The number of rotatable bonds is 12. The standard InChI is InChI=1S/C28H33N5O4S/c1-19(2)13-14-29-28(35)27(20-11-12-24(36-3)25(16-20)37-4)32(17-21-8-7-15-38-21)26(34)18-33-23-10-6-5-9-22(23)30-31-33/h5-12,15-16,19,27H,13-14,17-18H2,1-4H3,(H,29,35)/t27-/m1/s1. The molecule has 9 nitrogen and oxygen atoms in total. The molecule has 1 atom stereocenters. The predicted octanol–water partition coefficient (Wildman–Crippen LogP) is 4.44. The number of fused-ring (bicyclic) bond motifs is 1. The first-order valence-corrected chi connectivity index (χ1v) is 13.4. The number of ether oxygens (including phenoxy) is 2. The summed E-state index contributed by atoms with van der Waals surface area (Å²) in [7, 11) is 3.10. The van der Waals surface area contributed by atoms with E-state index in [0.717, 1.165) is 16.8 Å². The van der Waals surface area contributed by atoms with Gasteiger partial charge in [-0.3, -0.25) is 9.59 Å². The molecule has 2 aromatic heterocycles. The van der Waals surface area contributed by atoms with Crippen LogP contribution in [0.25, 0.3) is 11.0 Å². The van der Waals surface area contributed by atoms with E-state index < -0.39 is 6.04 Å². The van der Waals surface area contributed by atoms with Gasteiger partial charge in [0.1, 0.15) is 18.1 Å². The molecule has 2 heterocycles. The predicted molar refractivity (Wildman–Crippen MR) is 147 cm³/mol. The Labute approximate surface area is 226 Å². The van der Waals surface area contributed by atoms with E-state index >= 15 is 0 Å². The molecule has 4 rings (SSSR count). The molecule has 200 valence electrons. The van der Waals surface area contributed by atoms with Crippen LogP contribution in [0.15, 0.2) is 60.0 Å². The summed E-state index contributed by atoms with van der Waals surface area (Å²) in [5, 5.41) is 13.4. The summed E-state index contributed by atoms with van der Waals surface area (Å²) in [5.74, 6) is 0.939. The molecule has 0 saturated carbocycles. The lowest BCUT2D eigenvalue weighted by Gasteiger charge is -2.31. The minimum Gasteiger partial charge on any atom is -0.493 e. The van der Waals surface area contributed by atoms with Gasteiger partial charge < -0.3 is 19.7 Å². The van der Waals surface area contributed by atoms with Crippen molar-refractivity contribution < 1.29 is 19.1 Å². The second-order valence-electron chi connectivity index (χ2n) is 9.33. The second-order valence-corrected chi connectivity index (χ2v) is 10.4. The number of carbonyl (C=O) groups excluding carboxylic acids is 2. The van der Waals surface area contributed by atoms with Crippen LogP contribution < -0.4 is 14.8 Å². The van der Waals surface area contributed by atoms with E-state index in [1.165, 1.54) is 11.3 Å². The van der Waals surface area contributed by atoms with Crippen LogP contribution in [0, 0.1) is 5.92 Å². The van der Waals surface area contributed by atoms with Crippen LogP contribution in [-0.4, -0.2) is 52.5 Å². The van der Waals surface area contributed by atoms with Crippen LogP contribution >= 0.6 is 11.3 Å². The average Bonchev–Trinajstić information content (AvgIpc) is 3.58. The Morgan fingerprint density at radius 3 is 2.55 bits per heavy atom. The number of amides is 2. The maximum absolute atomic E-state index is 14.0. The fraction of sp³-hybridized carbons (Fsp3) is 0.357. The highest BCUT2D eigenvalue weighted by molar-refractivity contribution is 7.09. The third kappa shape index (κ3) is 6.31. The van der Waals surface area contributed by atoms with Crippen molar-refractivity contribution in [1.29, 1.82) is 0 Å². The number of methoxy groups -OCH3 is 2. The lowest BCUT2D eigenvalue weighted by molar-refractivity contribution is -0.142. The number of benzene rings is 2. The Morgan fingerprint density at radius 2 is 1.84 bits per heavy atom. The number of thiophene rings is 1. The number of nitrogens with one attached hydrogen (secondary N) is 1. The van der Waals surface area contributed by atoms with Gasteiger partial charge in [0, 0.05) is 11.4 Å². The van der Waals surface area contributed by atoms with E-state index in [-0.39, 0.29) is 24.9 Å². The fourth-order valence-corrected chi connectivity index (χ4v) is 4.93. The zero-order valence-corrected chi connectivity index (χ0v) is 22.9. The molecule has 0 saturated heterocycles. The molecule has 0 aliphatic carbocycles. The van der Waals surface area contributed by atoms with Crippen molar-refractivity contribution in [3.8, 4) is 11.5 Å². The number of para-hydroxylation sites is 1. The van der Waals surface area contributed by atoms with Crippen molar-refractivity contribution in [2.24, 2.45) is 5.92 Å². The first kappa shape index (κ1) is 27.1. The zero-order valence-electron chi connectivity index (χ0n) is 22.1. The van der Waals surface area contributed by atoms with Crippen molar-refractivity contribution in [2.75, 3.05) is 20.8 Å². The van der Waals surface area contributed by atoms with Gasteiger partial charge in [0.2, 0.25) is 11.8 Å². The molecule has 2 amide bonds. The molecule has 1 N–H and O–H groups in total. The zero-order chi connectivity index (χ0) is 27.1. The molecular weight excluding hydrogens is 502 g/mol. The van der Waals surface area contributed by atoms with E-state index in [2.05, 4.69) is 29.5 Å². The van der Waals surface area contributed by atoms with E-state index in [9.17, 15) is 9.59 Å². The van der Waals surface area contributed by atoms with E-state index in [1.807, 2.05) is 41.8 Å². The van der Waals surface area contributed by atoms with Crippen LogP contribution in [0.5, 0.6) is 11.5 Å². The van der Waals surface area contributed by atoms with Crippen molar-refractivity contribution in [3.05, 3.63) is 70.4 Å². The van der Waals surface area contributed by atoms with Crippen molar-refractivity contribution in [1.82, 2.24) is 25.2 Å². The van der Waals surface area contributed by atoms with Gasteiger partial charge in [-0.05, 0) is 53.6 Å². The van der Waals surface area contributed by atoms with Crippen LogP contribution in [0.4, 0.5) is 0 Å². The lowest BCUT2D eigenvalue weighted by atomic mass is 10.0. The second kappa shape index (κ2) is 12.6. The molecule has 0 spiro atoms. The van der Waals surface area contributed by atoms with Gasteiger partial charge in [-0.25, -0.2) is 4.68 Å². The van der Waals surface area contributed by atoms with Gasteiger partial charge in [0.25, 0.3) is 0 Å². The van der Waals surface area contributed by atoms with Crippen LogP contribution in [0.1, 0.15) is 36.8 Å². The first-order valence-electron chi connectivity index (χ1n) is 12.5. The van der Waals surface area contributed by atoms with Crippen molar-refractivity contribution in [2.45, 2.75) is 39.4 Å². The largest absolute Gasteiger partial charge is 0.493 e. The minimum atomic E-state index is -0.897. The van der Waals surface area contributed by atoms with Gasteiger partial charge >= 0.3 is 0 Å². The van der Waals surface area contributed by atoms with E-state index in [1.54, 1.807) is 42.0 Å². The summed E-state index contributed by atoms with van der Waals surface area (Å²) >= 11 is 1.53. The van der Waals surface area contributed by atoms with Crippen LogP contribution in [0.2, 0.25) is 0 Å². The van der Waals surface area contributed by atoms with Gasteiger partial charge in [-0.1, -0.05) is 43.3 Å². The van der Waals surface area contributed by atoms with Crippen LogP contribution in [-0.2, 0) is 22.7 Å². The Morgan fingerprint density at radius 1 is 1.05 bits per heavy atom. The highest BCUT2D eigenvalue weighted by Crippen LogP contribution is 2.33. The normalized spacial score (nSPS) is 11.9. The third-order valence-electron chi connectivity index (χ3n) is 6.24. The maximum atomic E-state index is 14.0. The van der Waals surface area contributed by atoms with Gasteiger partial charge in [-0.15, -0.1) is 16.4 Å². The molecule has 10 heteroatoms. The summed E-state index contributed by atoms with van der Waals surface area (Å²) in [6, 6.07) is 15.8. The molecule has 0 unspecified atom stereocenters. The molecule has 4 aromatic rings.